The highest BCUT2D eigenvalue weighted by Gasteiger charge is 2.26. The van der Waals surface area contributed by atoms with E-state index in [4.69, 9.17) is 11.6 Å². The van der Waals surface area contributed by atoms with Crippen molar-refractivity contribution in [2.75, 3.05) is 13.1 Å². The summed E-state index contributed by atoms with van der Waals surface area (Å²) in [5.41, 5.74) is 3.12. The van der Waals surface area contributed by atoms with Crippen molar-refractivity contribution in [3.8, 4) is 0 Å². The van der Waals surface area contributed by atoms with Gasteiger partial charge in [-0.3, -0.25) is 9.59 Å². The number of nitrogens with one attached hydrogen (secondary N) is 2. The second-order valence-corrected chi connectivity index (χ2v) is 11.8. The minimum absolute atomic E-state index is 0.151. The van der Waals surface area contributed by atoms with Gasteiger partial charge in [0.15, 0.2) is 0 Å². The lowest BCUT2D eigenvalue weighted by Gasteiger charge is -2.29. The quantitative estimate of drug-likeness (QED) is 0.338. The largest absolute Gasteiger partial charge is 0.354 e. The first-order chi connectivity index (χ1) is 18.2. The molecule has 0 saturated carbocycles. The van der Waals surface area contributed by atoms with Crippen LogP contribution in [-0.2, 0) is 32.6 Å². The van der Waals surface area contributed by atoms with Gasteiger partial charge >= 0.3 is 0 Å². The van der Waals surface area contributed by atoms with Crippen LogP contribution in [0.5, 0.6) is 0 Å². The Morgan fingerprint density at radius 3 is 2.32 bits per heavy atom. The van der Waals surface area contributed by atoms with Crippen molar-refractivity contribution in [1.82, 2.24) is 14.9 Å². The molecule has 0 radical (unpaired) electrons. The van der Waals surface area contributed by atoms with E-state index in [2.05, 4.69) is 16.1 Å². The Labute approximate surface area is 231 Å². The minimum atomic E-state index is -3.53. The van der Waals surface area contributed by atoms with Crippen molar-refractivity contribution in [2.24, 2.45) is 0 Å². The summed E-state index contributed by atoms with van der Waals surface area (Å²) in [4.78, 5) is 28.2. The number of carbonyl (C=O) groups is 2. The van der Waals surface area contributed by atoms with Gasteiger partial charge in [0, 0.05) is 31.1 Å². The minimum Gasteiger partial charge on any atom is -0.354 e. The predicted octanol–water partition coefficient (Wildman–Crippen LogP) is 4.99. The van der Waals surface area contributed by atoms with Crippen molar-refractivity contribution < 1.29 is 18.0 Å². The van der Waals surface area contributed by atoms with Crippen LogP contribution in [0.25, 0.3) is 0 Å². The fourth-order valence-corrected chi connectivity index (χ4v) is 5.67. The Bertz CT molecular complexity index is 1210. The molecule has 1 aliphatic carbocycles. The zero-order chi connectivity index (χ0) is 27.5. The molecule has 0 bridgehead atoms. The summed E-state index contributed by atoms with van der Waals surface area (Å²) in [6, 6.07) is 13.1. The first-order valence-corrected chi connectivity index (χ1v) is 15.1. The molecule has 0 aliphatic heterocycles. The molecular formula is C29H38ClN3O4S. The lowest BCUT2D eigenvalue weighted by molar-refractivity contribution is -0.140. The molecule has 0 unspecified atom stereocenters. The molecule has 206 valence electrons. The van der Waals surface area contributed by atoms with E-state index < -0.39 is 16.1 Å². The van der Waals surface area contributed by atoms with Crippen molar-refractivity contribution >= 4 is 33.4 Å². The summed E-state index contributed by atoms with van der Waals surface area (Å²) in [6.45, 7) is 4.63. The summed E-state index contributed by atoms with van der Waals surface area (Å²) in [6.07, 6.45) is 8.37. The number of carbonyl (C=O) groups excluding carboxylic acids is 2. The van der Waals surface area contributed by atoms with Crippen molar-refractivity contribution in [3.63, 3.8) is 0 Å². The van der Waals surface area contributed by atoms with E-state index in [1.54, 1.807) is 55.1 Å². The van der Waals surface area contributed by atoms with Gasteiger partial charge in [-0.2, -0.15) is 0 Å². The van der Waals surface area contributed by atoms with Crippen LogP contribution >= 0.6 is 11.6 Å². The summed E-state index contributed by atoms with van der Waals surface area (Å²) < 4.78 is 26.8. The Morgan fingerprint density at radius 1 is 1.00 bits per heavy atom. The summed E-state index contributed by atoms with van der Waals surface area (Å²) in [7, 11) is -3.53. The molecule has 1 aliphatic rings. The SMILES string of the molecule is CCNS(=O)(=O)c1ccc(CCC(=O)N(Cc2ccc(Cl)cc2)[C@H](C)C(=O)NCCC2=CCCCC2)cc1. The standard InChI is InChI=1S/C29H38ClN3O4S/c1-3-32-38(36,37)27-16-11-24(12-17-27)13-18-28(34)33(21-25-9-14-26(30)15-10-25)22(2)29(35)31-20-19-23-7-5-4-6-8-23/h7,9-12,14-17,22,32H,3-6,8,13,18-21H2,1-2H3,(H,31,35)/t22-/m1/s1. The number of aryl methyl sites for hydroxylation is 1. The normalized spacial score (nSPS) is 14.4. The predicted molar refractivity (Wildman–Crippen MR) is 151 cm³/mol. The van der Waals surface area contributed by atoms with Gasteiger partial charge < -0.3 is 10.2 Å². The van der Waals surface area contributed by atoms with Gasteiger partial charge in [0.25, 0.3) is 0 Å². The second-order valence-electron chi connectivity index (χ2n) is 9.62. The monoisotopic (exact) mass is 559 g/mol. The van der Waals surface area contributed by atoms with E-state index >= 15 is 0 Å². The zero-order valence-corrected chi connectivity index (χ0v) is 23.8. The number of amides is 2. The van der Waals surface area contributed by atoms with E-state index in [1.807, 2.05) is 12.1 Å². The van der Waals surface area contributed by atoms with Crippen LogP contribution in [-0.4, -0.2) is 44.3 Å². The third-order valence-corrected chi connectivity index (χ3v) is 8.57. The number of hydrogen-bond acceptors (Lipinski definition) is 4. The maximum Gasteiger partial charge on any atom is 0.242 e. The Hall–Kier alpha value is -2.68. The smallest absolute Gasteiger partial charge is 0.242 e. The van der Waals surface area contributed by atoms with Crippen molar-refractivity contribution in [1.29, 1.82) is 0 Å². The van der Waals surface area contributed by atoms with Gasteiger partial charge in [0.2, 0.25) is 21.8 Å². The van der Waals surface area contributed by atoms with E-state index in [1.165, 1.54) is 18.4 Å². The maximum absolute atomic E-state index is 13.4. The number of allylic oxidation sites excluding steroid dienone is 1. The Morgan fingerprint density at radius 2 is 1.68 bits per heavy atom. The van der Waals surface area contributed by atoms with Gasteiger partial charge in [-0.1, -0.05) is 54.4 Å². The fourth-order valence-electron chi connectivity index (χ4n) is 4.50. The van der Waals surface area contributed by atoms with E-state index in [-0.39, 0.29) is 29.7 Å². The third kappa shape index (κ3) is 8.96. The molecule has 0 aromatic heterocycles. The number of sulfonamides is 1. The van der Waals surface area contributed by atoms with Crippen LogP contribution in [0.4, 0.5) is 0 Å². The van der Waals surface area contributed by atoms with E-state index in [0.717, 1.165) is 30.4 Å². The van der Waals surface area contributed by atoms with Gasteiger partial charge in [0.1, 0.15) is 6.04 Å². The molecule has 1 atom stereocenters. The zero-order valence-electron chi connectivity index (χ0n) is 22.2. The summed E-state index contributed by atoms with van der Waals surface area (Å²) in [5.74, 6) is -0.330. The highest BCUT2D eigenvalue weighted by atomic mass is 35.5. The molecule has 7 nitrogen and oxygen atoms in total. The van der Waals surface area contributed by atoms with Gasteiger partial charge in [-0.05, 0) is 80.8 Å². The topological polar surface area (TPSA) is 95.6 Å². The molecule has 0 fully saturated rings. The molecule has 0 saturated heterocycles. The molecule has 9 heteroatoms. The average molecular weight is 560 g/mol. The molecule has 38 heavy (non-hydrogen) atoms. The van der Waals surface area contributed by atoms with Crippen LogP contribution in [0.2, 0.25) is 5.02 Å². The Kier molecular flexibility index (Phi) is 11.4. The molecular weight excluding hydrogens is 522 g/mol. The highest BCUT2D eigenvalue weighted by molar-refractivity contribution is 7.89. The van der Waals surface area contributed by atoms with E-state index in [0.29, 0.717) is 24.5 Å². The fraction of sp³-hybridized carbons (Fsp3) is 0.448. The number of hydrogen-bond donors (Lipinski definition) is 2. The van der Waals surface area contributed by atoms with Crippen molar-refractivity contribution in [3.05, 3.63) is 76.3 Å². The van der Waals surface area contributed by atoms with Crippen molar-refractivity contribution in [2.45, 2.75) is 76.3 Å². The number of nitrogens with zero attached hydrogens (tertiary/aromatic N) is 1. The van der Waals surface area contributed by atoms with Crippen LogP contribution in [0.3, 0.4) is 0 Å². The van der Waals surface area contributed by atoms with Gasteiger partial charge in [-0.15, -0.1) is 0 Å². The molecule has 0 heterocycles. The summed E-state index contributed by atoms with van der Waals surface area (Å²) in [5, 5.41) is 3.61. The maximum atomic E-state index is 13.4. The molecule has 0 spiro atoms. The number of halogens is 1. The number of rotatable bonds is 13. The van der Waals surface area contributed by atoms with Crippen LogP contribution < -0.4 is 10.0 Å². The molecule has 2 N–H and O–H groups in total. The highest BCUT2D eigenvalue weighted by Crippen LogP contribution is 2.20. The molecule has 2 aromatic carbocycles. The first-order valence-electron chi connectivity index (χ1n) is 13.3. The average Bonchev–Trinajstić information content (AvgIpc) is 2.91. The van der Waals surface area contributed by atoms with E-state index in [9.17, 15) is 18.0 Å². The third-order valence-electron chi connectivity index (χ3n) is 6.76. The molecule has 2 amide bonds. The van der Waals surface area contributed by atoms with Crippen LogP contribution in [0.1, 0.15) is 63.5 Å². The summed E-state index contributed by atoms with van der Waals surface area (Å²) >= 11 is 6.03. The molecule has 2 aromatic rings. The Balaban J connectivity index is 1.64. The molecule has 3 rings (SSSR count). The number of benzene rings is 2. The second kappa shape index (κ2) is 14.5. The first kappa shape index (κ1) is 29.9. The van der Waals surface area contributed by atoms with Crippen LogP contribution in [0.15, 0.2) is 65.1 Å². The van der Waals surface area contributed by atoms with Gasteiger partial charge in [0.05, 0.1) is 4.90 Å². The lowest BCUT2D eigenvalue weighted by Crippen LogP contribution is -2.47. The van der Waals surface area contributed by atoms with Gasteiger partial charge in [-0.25, -0.2) is 13.1 Å². The lowest BCUT2D eigenvalue weighted by atomic mass is 9.97. The van der Waals surface area contributed by atoms with Crippen LogP contribution in [0, 0.1) is 0 Å².